The second-order valence-electron chi connectivity index (χ2n) is 6.56. The summed E-state index contributed by atoms with van der Waals surface area (Å²) in [4.78, 5) is 19.9. The first-order chi connectivity index (χ1) is 14.6. The Bertz CT molecular complexity index is 1170. The zero-order valence-electron chi connectivity index (χ0n) is 16.4. The van der Waals surface area contributed by atoms with Gasteiger partial charge in [-0.1, -0.05) is 35.4 Å². The third kappa shape index (κ3) is 5.42. The van der Waals surface area contributed by atoms with Crippen LogP contribution in [0.5, 0.6) is 0 Å². The first-order valence-electron chi connectivity index (χ1n) is 8.79. The van der Waals surface area contributed by atoms with E-state index >= 15 is 0 Å². The van der Waals surface area contributed by atoms with Crippen LogP contribution in [0, 0.1) is 41.2 Å². The van der Waals surface area contributed by atoms with Crippen molar-refractivity contribution in [1.29, 1.82) is 0 Å². The van der Waals surface area contributed by atoms with Gasteiger partial charge in [0.15, 0.2) is 7.14 Å². The van der Waals surface area contributed by atoms with Crippen molar-refractivity contribution < 1.29 is 41.0 Å². The molecule has 0 saturated carbocycles. The second-order valence-corrected chi connectivity index (χ2v) is 13.1. The summed E-state index contributed by atoms with van der Waals surface area (Å²) in [6.45, 7) is 3.79. The van der Waals surface area contributed by atoms with Gasteiger partial charge in [-0.2, -0.15) is 8.42 Å². The maximum absolute atomic E-state index is 13.0. The van der Waals surface area contributed by atoms with E-state index in [-0.39, 0.29) is 0 Å². The fourth-order valence-electron chi connectivity index (χ4n) is 2.54. The van der Waals surface area contributed by atoms with Gasteiger partial charge in [-0.3, -0.25) is 20.2 Å². The molecule has 0 aromatic heterocycles. The minimum absolute atomic E-state index is 0.630. The summed E-state index contributed by atoms with van der Waals surface area (Å²) in [5.41, 5.74) is 0.561. The standard InChI is InChI=1S/C20H17IN2O7S/c1-14-3-7-16(8-4-14)21(17-9-5-15(2)6-10-17)30-31(28,29)20-12-18(22(24)25)11-19(13-20)23(26)27/h3-13H,1-2H3/q+1. The topological polar surface area (TPSA) is 130 Å². The van der Waals surface area contributed by atoms with Gasteiger partial charge in [0, 0.05) is 12.1 Å². The Balaban J connectivity index is 2.10. The van der Waals surface area contributed by atoms with Gasteiger partial charge in [-0.05, 0) is 40.6 Å². The molecule has 3 rings (SSSR count). The lowest BCUT2D eigenvalue weighted by atomic mass is 10.2. The Morgan fingerprint density at radius 1 is 0.742 bits per heavy atom. The number of non-ortho nitro benzene ring substituents is 2. The molecule has 161 valence electrons. The van der Waals surface area contributed by atoms with Crippen molar-refractivity contribution in [3.8, 4) is 0 Å². The smallest absolute Gasteiger partial charge is 0.258 e. The van der Waals surface area contributed by atoms with Crippen LogP contribution in [0.2, 0.25) is 0 Å². The molecule has 3 aromatic rings. The summed E-state index contributed by atoms with van der Waals surface area (Å²) in [6.07, 6.45) is 0. The predicted molar refractivity (Wildman–Crippen MR) is 108 cm³/mol. The highest BCUT2D eigenvalue weighted by atomic mass is 127. The van der Waals surface area contributed by atoms with Gasteiger partial charge >= 0.3 is 30.4 Å². The number of hydrogen-bond acceptors (Lipinski definition) is 7. The average Bonchev–Trinajstić information content (AvgIpc) is 2.73. The molecule has 3 aromatic carbocycles. The van der Waals surface area contributed by atoms with E-state index < -0.39 is 56.5 Å². The highest BCUT2D eigenvalue weighted by Crippen LogP contribution is 2.25. The summed E-state index contributed by atoms with van der Waals surface area (Å²) in [6, 6.07) is 16.7. The Hall–Kier alpha value is -2.90. The molecular weight excluding hydrogens is 539 g/mol. The second kappa shape index (κ2) is 9.08. The molecule has 0 bridgehead atoms. The highest BCUT2D eigenvalue weighted by molar-refractivity contribution is 7.86. The fraction of sp³-hybridized carbons (Fsp3) is 0.100. The van der Waals surface area contributed by atoms with Crippen molar-refractivity contribution in [1.82, 2.24) is 0 Å². The number of halogens is 1. The molecule has 0 atom stereocenters. The van der Waals surface area contributed by atoms with Crippen molar-refractivity contribution in [3.63, 3.8) is 0 Å². The summed E-state index contributed by atoms with van der Waals surface area (Å²) in [5, 5.41) is 22.3. The molecular formula is C20H17IN2O7S+. The highest BCUT2D eigenvalue weighted by Gasteiger charge is 2.39. The third-order valence-corrected chi connectivity index (χ3v) is 11.5. The number of hydrogen-bond donors (Lipinski definition) is 0. The van der Waals surface area contributed by atoms with Gasteiger partial charge in [0.25, 0.3) is 11.4 Å². The molecule has 11 heteroatoms. The van der Waals surface area contributed by atoms with E-state index in [1.54, 1.807) is 24.3 Å². The maximum Gasteiger partial charge on any atom is 0.336 e. The van der Waals surface area contributed by atoms with Gasteiger partial charge in [-0.25, -0.2) is 0 Å². The van der Waals surface area contributed by atoms with Crippen LogP contribution in [0.25, 0.3) is 0 Å². The maximum atomic E-state index is 13.0. The Morgan fingerprint density at radius 2 is 1.13 bits per heavy atom. The lowest BCUT2D eigenvalue weighted by Gasteiger charge is -2.07. The van der Waals surface area contributed by atoms with Crippen LogP contribution >= 0.6 is 0 Å². The van der Waals surface area contributed by atoms with E-state index in [0.29, 0.717) is 13.2 Å². The molecule has 0 saturated heterocycles. The number of benzene rings is 3. The lowest BCUT2D eigenvalue weighted by Crippen LogP contribution is -3.85. The number of nitro benzene ring substituents is 2. The van der Waals surface area contributed by atoms with Crippen LogP contribution < -0.4 is 20.2 Å². The quantitative estimate of drug-likeness (QED) is 0.242. The number of nitrogens with zero attached hydrogens (tertiary/aromatic N) is 2. The van der Waals surface area contributed by atoms with E-state index in [0.717, 1.165) is 23.3 Å². The molecule has 0 aliphatic rings. The molecule has 1 radical (unpaired) electrons. The fourth-order valence-corrected chi connectivity index (χ4v) is 9.48. The largest absolute Gasteiger partial charge is 0.336 e. The molecule has 0 spiro atoms. The van der Waals surface area contributed by atoms with Crippen LogP contribution in [0.3, 0.4) is 0 Å². The molecule has 0 N–H and O–H groups in total. The van der Waals surface area contributed by atoms with Crippen molar-refractivity contribution >= 4 is 21.5 Å². The van der Waals surface area contributed by atoms with Gasteiger partial charge in [-0.15, -0.1) is 0 Å². The van der Waals surface area contributed by atoms with Gasteiger partial charge in [0.2, 0.25) is 0 Å². The van der Waals surface area contributed by atoms with E-state index in [1.165, 1.54) is 0 Å². The summed E-state index contributed by atoms with van der Waals surface area (Å²) >= 11 is -3.02. The van der Waals surface area contributed by atoms with Gasteiger partial charge < -0.3 is 0 Å². The van der Waals surface area contributed by atoms with Crippen molar-refractivity contribution in [2.24, 2.45) is 0 Å². The minimum atomic E-state index is -4.53. The third-order valence-electron chi connectivity index (χ3n) is 4.15. The van der Waals surface area contributed by atoms with Crippen LogP contribution in [0.15, 0.2) is 71.6 Å². The van der Waals surface area contributed by atoms with E-state index in [4.69, 9.17) is 2.51 Å². The molecule has 31 heavy (non-hydrogen) atoms. The van der Waals surface area contributed by atoms with Crippen molar-refractivity contribution in [2.45, 2.75) is 18.7 Å². The Morgan fingerprint density at radius 3 is 1.48 bits per heavy atom. The molecule has 0 fully saturated rings. The summed E-state index contributed by atoms with van der Waals surface area (Å²) in [5.74, 6) is 0. The zero-order valence-corrected chi connectivity index (χ0v) is 19.4. The van der Waals surface area contributed by atoms with Gasteiger partial charge in [0.1, 0.15) is 4.90 Å². The first kappa shape index (κ1) is 22.8. The van der Waals surface area contributed by atoms with E-state index in [1.807, 2.05) is 38.1 Å². The number of nitro groups is 2. The van der Waals surface area contributed by atoms with E-state index in [2.05, 4.69) is 0 Å². The first-order valence-corrected chi connectivity index (χ1v) is 13.2. The minimum Gasteiger partial charge on any atom is -0.258 e. The molecule has 0 unspecified atom stereocenters. The SMILES string of the molecule is Cc1ccc([I+](OS(=O)(=O)c2cc([N+](=O)[O-])cc([N+](=O)[O-])c2)c2ccc(C)cc2)cc1. The average molecular weight is 556 g/mol. The Labute approximate surface area is 186 Å². The zero-order chi connectivity index (χ0) is 22.8. The molecule has 0 amide bonds. The van der Waals surface area contributed by atoms with Crippen LogP contribution in [0.4, 0.5) is 11.4 Å². The van der Waals surface area contributed by atoms with E-state index in [9.17, 15) is 28.6 Å². The van der Waals surface area contributed by atoms with Crippen molar-refractivity contribution in [2.75, 3.05) is 0 Å². The number of rotatable bonds is 7. The van der Waals surface area contributed by atoms with Crippen LogP contribution in [-0.2, 0) is 12.6 Å². The summed E-state index contributed by atoms with van der Waals surface area (Å²) in [7, 11) is -4.53. The number of aryl methyl sites for hydroxylation is 2. The van der Waals surface area contributed by atoms with Crippen molar-refractivity contribution in [3.05, 3.63) is 105 Å². The molecule has 0 aliphatic heterocycles. The van der Waals surface area contributed by atoms with Crippen LogP contribution in [-0.4, -0.2) is 18.3 Å². The molecule has 0 heterocycles. The van der Waals surface area contributed by atoms with Crippen LogP contribution in [0.1, 0.15) is 11.1 Å². The Kier molecular flexibility index (Phi) is 6.67. The lowest BCUT2D eigenvalue weighted by molar-refractivity contribution is -1.03. The molecule has 0 aliphatic carbocycles. The molecule has 9 nitrogen and oxygen atoms in total. The van der Waals surface area contributed by atoms with Gasteiger partial charge in [0.05, 0.1) is 15.9 Å². The monoisotopic (exact) mass is 556 g/mol. The summed E-state index contributed by atoms with van der Waals surface area (Å²) < 4.78 is 33.1. The normalized spacial score (nSPS) is 11.5. The predicted octanol–water partition coefficient (Wildman–Crippen LogP) is 1.10.